The zero-order valence-corrected chi connectivity index (χ0v) is 10.9. The number of halogens is 1. The van der Waals surface area contributed by atoms with E-state index in [1.165, 1.54) is 24.6 Å². The van der Waals surface area contributed by atoms with E-state index in [0.717, 1.165) is 0 Å². The van der Waals surface area contributed by atoms with Crippen molar-refractivity contribution in [3.8, 4) is 0 Å². The van der Waals surface area contributed by atoms with E-state index in [1.807, 2.05) is 0 Å². The van der Waals surface area contributed by atoms with Crippen molar-refractivity contribution < 1.29 is 12.9 Å². The highest BCUT2D eigenvalue weighted by atomic mass is 35.5. The molecule has 6 nitrogen and oxygen atoms in total. The molecule has 0 aliphatic rings. The predicted molar refractivity (Wildman–Crippen MR) is 67.9 cm³/mol. The first-order valence-electron chi connectivity index (χ1n) is 4.88. The first-order chi connectivity index (χ1) is 8.40. The summed E-state index contributed by atoms with van der Waals surface area (Å²) in [5.74, 6) is 0. The molecular weight excluding hydrogens is 278 g/mol. The molecule has 18 heavy (non-hydrogen) atoms. The van der Waals surface area contributed by atoms with Crippen LogP contribution in [0, 0.1) is 6.92 Å². The molecule has 0 aliphatic heterocycles. The summed E-state index contributed by atoms with van der Waals surface area (Å²) in [4.78, 5) is 0.0219. The molecule has 0 amide bonds. The second-order valence-electron chi connectivity index (χ2n) is 3.64. The van der Waals surface area contributed by atoms with Crippen LogP contribution in [0.1, 0.15) is 5.56 Å². The molecule has 0 saturated carbocycles. The molecule has 0 bridgehead atoms. The Labute approximate surface area is 109 Å². The van der Waals surface area contributed by atoms with Gasteiger partial charge in [0, 0.05) is 10.7 Å². The second kappa shape index (κ2) is 4.51. The van der Waals surface area contributed by atoms with Crippen LogP contribution in [0.5, 0.6) is 0 Å². The van der Waals surface area contributed by atoms with Crippen LogP contribution in [-0.2, 0) is 10.0 Å². The Morgan fingerprint density at radius 2 is 2.17 bits per heavy atom. The molecule has 2 aromatic rings. The Morgan fingerprint density at radius 1 is 1.44 bits per heavy atom. The van der Waals surface area contributed by atoms with Crippen LogP contribution >= 0.6 is 11.6 Å². The van der Waals surface area contributed by atoms with Gasteiger partial charge in [0.15, 0.2) is 0 Å². The Balaban J connectivity index is 2.48. The van der Waals surface area contributed by atoms with E-state index < -0.39 is 10.0 Å². The van der Waals surface area contributed by atoms with Gasteiger partial charge in [-0.3, -0.25) is 4.72 Å². The molecule has 3 N–H and O–H groups in total. The zero-order chi connectivity index (χ0) is 13.3. The van der Waals surface area contributed by atoms with Crippen molar-refractivity contribution in [1.29, 1.82) is 0 Å². The van der Waals surface area contributed by atoms with Gasteiger partial charge in [-0.2, -0.15) is 0 Å². The quantitative estimate of drug-likeness (QED) is 0.842. The lowest BCUT2D eigenvalue weighted by molar-refractivity contribution is 0.420. The molecule has 0 atom stereocenters. The molecule has 1 aromatic heterocycles. The maximum Gasteiger partial charge on any atom is 0.262 e. The number of nitrogens with zero attached hydrogens (tertiary/aromatic N) is 1. The molecule has 1 aromatic carbocycles. The smallest absolute Gasteiger partial charge is 0.262 e. The molecule has 8 heteroatoms. The second-order valence-corrected chi connectivity index (χ2v) is 5.72. The summed E-state index contributed by atoms with van der Waals surface area (Å²) >= 11 is 5.81. The summed E-state index contributed by atoms with van der Waals surface area (Å²) in [7, 11) is -3.77. The summed E-state index contributed by atoms with van der Waals surface area (Å²) in [5, 5.41) is 3.66. The summed E-state index contributed by atoms with van der Waals surface area (Å²) < 4.78 is 31.1. The van der Waals surface area contributed by atoms with Crippen molar-refractivity contribution in [3.05, 3.63) is 35.2 Å². The number of hydrogen-bond donors (Lipinski definition) is 2. The van der Waals surface area contributed by atoms with E-state index in [2.05, 4.69) is 14.4 Å². The highest BCUT2D eigenvalue weighted by molar-refractivity contribution is 7.92. The number of aromatic nitrogens is 1. The molecule has 96 valence electrons. The number of nitrogens with two attached hydrogens (primary N) is 1. The summed E-state index contributed by atoms with van der Waals surface area (Å²) in [6.45, 7) is 1.61. The van der Waals surface area contributed by atoms with Crippen molar-refractivity contribution >= 4 is 33.0 Å². The standard InChI is InChI=1S/C10H10ClN3O3S/c1-6-9(12)2-7(11)3-10(6)18(15,16)14-8-4-13-17-5-8/h2-5,14H,12H2,1H3. The normalized spacial score (nSPS) is 11.4. The number of nitrogen functional groups attached to an aromatic ring is 1. The van der Waals surface area contributed by atoms with Gasteiger partial charge in [0.1, 0.15) is 12.0 Å². The van der Waals surface area contributed by atoms with E-state index in [4.69, 9.17) is 17.3 Å². The van der Waals surface area contributed by atoms with Gasteiger partial charge in [-0.15, -0.1) is 0 Å². The van der Waals surface area contributed by atoms with Gasteiger partial charge < -0.3 is 10.3 Å². The van der Waals surface area contributed by atoms with Crippen LogP contribution in [0.25, 0.3) is 0 Å². The van der Waals surface area contributed by atoms with Gasteiger partial charge in [-0.1, -0.05) is 16.8 Å². The maximum atomic E-state index is 12.1. The van der Waals surface area contributed by atoms with Crippen molar-refractivity contribution in [3.63, 3.8) is 0 Å². The molecule has 0 aliphatic carbocycles. The van der Waals surface area contributed by atoms with E-state index >= 15 is 0 Å². The molecule has 2 rings (SSSR count). The Morgan fingerprint density at radius 3 is 2.78 bits per heavy atom. The van der Waals surface area contributed by atoms with E-state index in [-0.39, 0.29) is 15.6 Å². The predicted octanol–water partition coefficient (Wildman–Crippen LogP) is 2.02. The van der Waals surface area contributed by atoms with Crippen molar-refractivity contribution in [2.24, 2.45) is 0 Å². The lowest BCUT2D eigenvalue weighted by Crippen LogP contribution is -2.14. The van der Waals surface area contributed by atoms with Gasteiger partial charge in [-0.25, -0.2) is 8.42 Å². The highest BCUT2D eigenvalue weighted by Gasteiger charge is 2.19. The summed E-state index contributed by atoms with van der Waals surface area (Å²) in [5.41, 5.74) is 6.66. The monoisotopic (exact) mass is 287 g/mol. The van der Waals surface area contributed by atoms with Gasteiger partial charge in [0.05, 0.1) is 11.1 Å². The molecule has 0 radical (unpaired) electrons. The third kappa shape index (κ3) is 2.41. The van der Waals surface area contributed by atoms with Gasteiger partial charge in [0.25, 0.3) is 10.0 Å². The third-order valence-electron chi connectivity index (χ3n) is 2.34. The van der Waals surface area contributed by atoms with Crippen LogP contribution in [-0.4, -0.2) is 13.6 Å². The minimum absolute atomic E-state index is 0.0219. The molecule has 0 fully saturated rings. The van der Waals surface area contributed by atoms with Crippen molar-refractivity contribution in [1.82, 2.24) is 5.16 Å². The minimum atomic E-state index is -3.77. The van der Waals surface area contributed by atoms with E-state index in [1.54, 1.807) is 6.92 Å². The van der Waals surface area contributed by atoms with Gasteiger partial charge in [0.2, 0.25) is 0 Å². The molecular formula is C10H10ClN3O3S. The maximum absolute atomic E-state index is 12.1. The fourth-order valence-corrected chi connectivity index (χ4v) is 3.03. The van der Waals surface area contributed by atoms with Crippen molar-refractivity contribution in [2.75, 3.05) is 10.5 Å². The average molecular weight is 288 g/mol. The summed E-state index contributed by atoms with van der Waals surface area (Å²) in [6, 6.07) is 2.83. The van der Waals surface area contributed by atoms with Gasteiger partial charge >= 0.3 is 0 Å². The van der Waals surface area contributed by atoms with Crippen LogP contribution < -0.4 is 10.5 Å². The fraction of sp³-hybridized carbons (Fsp3) is 0.100. The first kappa shape index (κ1) is 12.7. The highest BCUT2D eigenvalue weighted by Crippen LogP contribution is 2.27. The largest absolute Gasteiger partial charge is 0.398 e. The Hall–Kier alpha value is -1.73. The number of benzene rings is 1. The lowest BCUT2D eigenvalue weighted by atomic mass is 10.2. The van der Waals surface area contributed by atoms with Gasteiger partial charge in [-0.05, 0) is 24.6 Å². The average Bonchev–Trinajstić information content (AvgIpc) is 2.75. The fourth-order valence-electron chi connectivity index (χ4n) is 1.42. The molecule has 0 unspecified atom stereocenters. The molecule has 1 heterocycles. The van der Waals surface area contributed by atoms with E-state index in [9.17, 15) is 8.42 Å². The van der Waals surface area contributed by atoms with Crippen LogP contribution in [0.2, 0.25) is 5.02 Å². The topological polar surface area (TPSA) is 98.2 Å². The number of sulfonamides is 1. The van der Waals surface area contributed by atoms with Crippen LogP contribution in [0.15, 0.2) is 34.0 Å². The third-order valence-corrected chi connectivity index (χ3v) is 4.06. The molecule has 0 spiro atoms. The number of rotatable bonds is 3. The van der Waals surface area contributed by atoms with Crippen LogP contribution in [0.4, 0.5) is 11.4 Å². The van der Waals surface area contributed by atoms with E-state index in [0.29, 0.717) is 11.3 Å². The Bertz CT molecular complexity index is 668. The first-order valence-corrected chi connectivity index (χ1v) is 6.74. The number of nitrogens with one attached hydrogen (secondary N) is 1. The van der Waals surface area contributed by atoms with Crippen molar-refractivity contribution in [2.45, 2.75) is 11.8 Å². The summed E-state index contributed by atoms with van der Waals surface area (Å²) in [6.07, 6.45) is 2.43. The SMILES string of the molecule is Cc1c(N)cc(Cl)cc1S(=O)(=O)Nc1cnoc1. The zero-order valence-electron chi connectivity index (χ0n) is 9.34. The number of anilines is 2. The number of hydrogen-bond acceptors (Lipinski definition) is 5. The lowest BCUT2D eigenvalue weighted by Gasteiger charge is -2.10. The Kier molecular flexibility index (Phi) is 3.18. The molecule has 0 saturated heterocycles. The minimum Gasteiger partial charge on any atom is -0.398 e. The van der Waals surface area contributed by atoms with Crippen LogP contribution in [0.3, 0.4) is 0 Å².